The summed E-state index contributed by atoms with van der Waals surface area (Å²) in [5.74, 6) is 0.758. The number of rotatable bonds is 6. The molecule has 0 aliphatic heterocycles. The van der Waals surface area contributed by atoms with Crippen LogP contribution >= 0.6 is 0 Å². The van der Waals surface area contributed by atoms with Gasteiger partial charge in [0.25, 0.3) is 0 Å². The molecule has 0 aromatic carbocycles. The van der Waals surface area contributed by atoms with Crippen molar-refractivity contribution in [1.82, 2.24) is 5.32 Å². The Hall–Kier alpha value is -0.570. The molecule has 0 aromatic heterocycles. The maximum atomic E-state index is 11.5. The summed E-state index contributed by atoms with van der Waals surface area (Å²) in [7, 11) is 0. The van der Waals surface area contributed by atoms with Crippen molar-refractivity contribution in [3.8, 4) is 0 Å². The van der Waals surface area contributed by atoms with Gasteiger partial charge < -0.3 is 11.1 Å². The molecule has 14 heavy (non-hydrogen) atoms. The summed E-state index contributed by atoms with van der Waals surface area (Å²) in [4.78, 5) is 11.5. The molecule has 1 rings (SSSR count). The van der Waals surface area contributed by atoms with Gasteiger partial charge in [0.2, 0.25) is 5.91 Å². The third kappa shape index (κ3) is 3.29. The second kappa shape index (κ2) is 5.35. The zero-order valence-corrected chi connectivity index (χ0v) is 9.25. The highest BCUT2D eigenvalue weighted by molar-refractivity contribution is 5.82. The first-order valence-electron chi connectivity index (χ1n) is 5.75. The van der Waals surface area contributed by atoms with E-state index in [1.54, 1.807) is 0 Å². The summed E-state index contributed by atoms with van der Waals surface area (Å²) < 4.78 is 0. The zero-order chi connectivity index (χ0) is 10.6. The highest BCUT2D eigenvalue weighted by Gasteiger charge is 2.37. The molecule has 3 heteroatoms. The van der Waals surface area contributed by atoms with Crippen molar-refractivity contribution < 1.29 is 4.79 Å². The molecule has 1 saturated carbocycles. The van der Waals surface area contributed by atoms with E-state index in [0.717, 1.165) is 25.2 Å². The smallest absolute Gasteiger partial charge is 0.237 e. The lowest BCUT2D eigenvalue weighted by atomic mass is 10.1. The van der Waals surface area contributed by atoms with Crippen LogP contribution in [0.15, 0.2) is 0 Å². The van der Waals surface area contributed by atoms with E-state index in [4.69, 9.17) is 5.73 Å². The van der Waals surface area contributed by atoms with Crippen LogP contribution in [0.25, 0.3) is 0 Å². The van der Waals surface area contributed by atoms with Crippen LogP contribution in [0.5, 0.6) is 0 Å². The predicted molar refractivity (Wildman–Crippen MR) is 57.8 cm³/mol. The fraction of sp³-hybridized carbons (Fsp3) is 0.909. The molecule has 0 saturated heterocycles. The minimum absolute atomic E-state index is 0.0375. The van der Waals surface area contributed by atoms with Crippen molar-refractivity contribution in [3.05, 3.63) is 0 Å². The van der Waals surface area contributed by atoms with Crippen LogP contribution in [0.3, 0.4) is 0 Å². The molecule has 1 aliphatic rings. The topological polar surface area (TPSA) is 55.1 Å². The molecule has 82 valence electrons. The molecule has 0 aromatic rings. The first-order chi connectivity index (χ1) is 6.69. The van der Waals surface area contributed by atoms with E-state index in [1.165, 1.54) is 12.8 Å². The Bertz CT molecular complexity index is 194. The van der Waals surface area contributed by atoms with Gasteiger partial charge in [-0.1, -0.05) is 26.7 Å². The van der Waals surface area contributed by atoms with E-state index in [-0.39, 0.29) is 11.9 Å². The third-order valence-corrected chi connectivity index (χ3v) is 2.85. The van der Waals surface area contributed by atoms with Gasteiger partial charge in [0, 0.05) is 6.04 Å². The molecule has 1 amide bonds. The molecule has 0 heterocycles. The van der Waals surface area contributed by atoms with Gasteiger partial charge in [-0.25, -0.2) is 0 Å². The van der Waals surface area contributed by atoms with E-state index >= 15 is 0 Å². The number of nitrogens with two attached hydrogens (primary N) is 1. The Balaban J connectivity index is 2.16. The number of amides is 1. The Morgan fingerprint density at radius 1 is 1.50 bits per heavy atom. The molecule has 0 radical (unpaired) electrons. The van der Waals surface area contributed by atoms with E-state index in [9.17, 15) is 4.79 Å². The van der Waals surface area contributed by atoms with Gasteiger partial charge in [-0.2, -0.15) is 0 Å². The van der Waals surface area contributed by atoms with Gasteiger partial charge in [-0.05, 0) is 25.2 Å². The summed E-state index contributed by atoms with van der Waals surface area (Å²) >= 11 is 0. The highest BCUT2D eigenvalue weighted by atomic mass is 16.2. The Kier molecular flexibility index (Phi) is 4.39. The van der Waals surface area contributed by atoms with Crippen LogP contribution in [-0.2, 0) is 4.79 Å². The summed E-state index contributed by atoms with van der Waals surface area (Å²) in [5, 5.41) is 3.01. The number of hydrogen-bond donors (Lipinski definition) is 2. The van der Waals surface area contributed by atoms with Crippen molar-refractivity contribution in [2.75, 3.05) is 0 Å². The summed E-state index contributed by atoms with van der Waals surface area (Å²) in [5.41, 5.74) is 5.71. The monoisotopic (exact) mass is 198 g/mol. The average Bonchev–Trinajstić information content (AvgIpc) is 2.84. The second-order valence-corrected chi connectivity index (χ2v) is 4.29. The molecule has 1 fully saturated rings. The van der Waals surface area contributed by atoms with Gasteiger partial charge in [0.15, 0.2) is 0 Å². The van der Waals surface area contributed by atoms with Crippen molar-refractivity contribution in [2.24, 2.45) is 11.7 Å². The first kappa shape index (κ1) is 11.5. The van der Waals surface area contributed by atoms with Crippen LogP contribution < -0.4 is 11.1 Å². The van der Waals surface area contributed by atoms with Crippen molar-refractivity contribution in [1.29, 1.82) is 0 Å². The van der Waals surface area contributed by atoms with Crippen LogP contribution in [0.4, 0.5) is 0 Å². The van der Waals surface area contributed by atoms with Gasteiger partial charge in [0.05, 0.1) is 6.04 Å². The summed E-state index contributed by atoms with van der Waals surface area (Å²) in [6, 6.07) is 0.119. The molecule has 0 bridgehead atoms. The molecular weight excluding hydrogens is 176 g/mol. The molecule has 1 aliphatic carbocycles. The number of carbonyl (C=O) groups excluding carboxylic acids is 1. The maximum absolute atomic E-state index is 11.5. The Morgan fingerprint density at radius 3 is 2.79 bits per heavy atom. The number of nitrogens with one attached hydrogen (secondary N) is 1. The highest BCUT2D eigenvalue weighted by Crippen LogP contribution is 2.34. The quantitative estimate of drug-likeness (QED) is 0.678. The predicted octanol–water partition coefficient (Wildman–Crippen LogP) is 1.42. The van der Waals surface area contributed by atoms with Gasteiger partial charge >= 0.3 is 0 Å². The van der Waals surface area contributed by atoms with Gasteiger partial charge in [0.1, 0.15) is 0 Å². The molecule has 2 unspecified atom stereocenters. The molecule has 3 atom stereocenters. The fourth-order valence-corrected chi connectivity index (χ4v) is 1.85. The number of hydrogen-bond acceptors (Lipinski definition) is 2. The second-order valence-electron chi connectivity index (χ2n) is 4.29. The van der Waals surface area contributed by atoms with Crippen LogP contribution in [0, 0.1) is 5.92 Å². The molecule has 3 nitrogen and oxygen atoms in total. The van der Waals surface area contributed by atoms with E-state index < -0.39 is 0 Å². The average molecular weight is 198 g/mol. The van der Waals surface area contributed by atoms with E-state index in [2.05, 4.69) is 12.2 Å². The molecular formula is C11H22N2O. The number of carbonyl (C=O) groups is 1. The zero-order valence-electron chi connectivity index (χ0n) is 9.25. The third-order valence-electron chi connectivity index (χ3n) is 2.85. The standard InChI is InChI=1S/C11H22N2O/c1-3-5-8-7-10(8)13-11(14)9(12)6-4-2/h8-10H,3-7,12H2,1-2H3,(H,13,14)/t8?,9-,10?/m1/s1. The minimum Gasteiger partial charge on any atom is -0.352 e. The van der Waals surface area contributed by atoms with Crippen molar-refractivity contribution >= 4 is 5.91 Å². The SMILES string of the molecule is CCCC1CC1NC(=O)[C@H](N)CCC. The van der Waals surface area contributed by atoms with Crippen LogP contribution in [-0.4, -0.2) is 18.0 Å². The molecule has 0 spiro atoms. The summed E-state index contributed by atoms with van der Waals surface area (Å²) in [6.07, 6.45) is 5.35. The van der Waals surface area contributed by atoms with Crippen LogP contribution in [0.2, 0.25) is 0 Å². The minimum atomic E-state index is -0.303. The fourth-order valence-electron chi connectivity index (χ4n) is 1.85. The molecule has 3 N–H and O–H groups in total. The van der Waals surface area contributed by atoms with Gasteiger partial charge in [-0.3, -0.25) is 4.79 Å². The maximum Gasteiger partial charge on any atom is 0.237 e. The lowest BCUT2D eigenvalue weighted by Crippen LogP contribution is -2.41. The lowest BCUT2D eigenvalue weighted by Gasteiger charge is -2.10. The summed E-state index contributed by atoms with van der Waals surface area (Å²) in [6.45, 7) is 4.23. The van der Waals surface area contributed by atoms with Gasteiger partial charge in [-0.15, -0.1) is 0 Å². The largest absolute Gasteiger partial charge is 0.352 e. The van der Waals surface area contributed by atoms with E-state index in [0.29, 0.717) is 6.04 Å². The first-order valence-corrected chi connectivity index (χ1v) is 5.75. The Labute approximate surface area is 86.4 Å². The normalized spacial score (nSPS) is 27.1. The van der Waals surface area contributed by atoms with E-state index in [1.807, 2.05) is 6.92 Å². The van der Waals surface area contributed by atoms with Crippen molar-refractivity contribution in [3.63, 3.8) is 0 Å². The van der Waals surface area contributed by atoms with Crippen molar-refractivity contribution in [2.45, 2.75) is 58.0 Å². The lowest BCUT2D eigenvalue weighted by molar-refractivity contribution is -0.122. The Morgan fingerprint density at radius 2 is 2.21 bits per heavy atom. The van der Waals surface area contributed by atoms with Crippen LogP contribution in [0.1, 0.15) is 46.0 Å².